The Bertz CT molecular complexity index is 693. The summed E-state index contributed by atoms with van der Waals surface area (Å²) in [5, 5.41) is 5.46. The third-order valence-electron chi connectivity index (χ3n) is 3.73. The summed E-state index contributed by atoms with van der Waals surface area (Å²) >= 11 is 5.98. The summed E-state index contributed by atoms with van der Waals surface area (Å²) in [6.45, 7) is 8.52. The van der Waals surface area contributed by atoms with Gasteiger partial charge in [-0.15, -0.1) is 0 Å². The lowest BCUT2D eigenvalue weighted by Gasteiger charge is -2.30. The SMILES string of the molecule is CC1=Nc2c(-c3ccc(Cl)cc3)c(C)nn2C(C)(C)C1. The van der Waals surface area contributed by atoms with Gasteiger partial charge in [0.1, 0.15) is 0 Å². The van der Waals surface area contributed by atoms with Crippen molar-refractivity contribution in [1.29, 1.82) is 0 Å². The lowest BCUT2D eigenvalue weighted by atomic mass is 9.95. The second kappa shape index (κ2) is 4.45. The summed E-state index contributed by atoms with van der Waals surface area (Å²) in [7, 11) is 0. The van der Waals surface area contributed by atoms with Crippen LogP contribution in [0.4, 0.5) is 5.82 Å². The third-order valence-corrected chi connectivity index (χ3v) is 3.98. The fourth-order valence-corrected chi connectivity index (χ4v) is 3.04. The number of hydrogen-bond acceptors (Lipinski definition) is 2. The fraction of sp³-hybridized carbons (Fsp3) is 0.375. The second-order valence-electron chi connectivity index (χ2n) is 6.04. The number of rotatable bonds is 1. The number of nitrogens with zero attached hydrogens (tertiary/aromatic N) is 3. The molecule has 2 aromatic rings. The Labute approximate surface area is 124 Å². The second-order valence-corrected chi connectivity index (χ2v) is 6.48. The number of halogens is 1. The molecule has 1 aromatic heterocycles. The van der Waals surface area contributed by atoms with Crippen LogP contribution in [0.25, 0.3) is 11.1 Å². The molecule has 4 heteroatoms. The van der Waals surface area contributed by atoms with Gasteiger partial charge in [0.2, 0.25) is 0 Å². The van der Waals surface area contributed by atoms with E-state index >= 15 is 0 Å². The first-order valence-electron chi connectivity index (χ1n) is 6.79. The van der Waals surface area contributed by atoms with Crippen LogP contribution >= 0.6 is 11.6 Å². The highest BCUT2D eigenvalue weighted by Gasteiger charge is 2.31. The van der Waals surface area contributed by atoms with Crippen molar-refractivity contribution in [2.24, 2.45) is 4.99 Å². The maximum atomic E-state index is 5.98. The molecule has 0 aliphatic carbocycles. The van der Waals surface area contributed by atoms with Crippen molar-refractivity contribution in [3.63, 3.8) is 0 Å². The number of fused-ring (bicyclic) bond motifs is 1. The Morgan fingerprint density at radius 3 is 2.45 bits per heavy atom. The van der Waals surface area contributed by atoms with Gasteiger partial charge in [-0.1, -0.05) is 23.7 Å². The summed E-state index contributed by atoms with van der Waals surface area (Å²) in [4.78, 5) is 4.75. The Morgan fingerprint density at radius 1 is 1.15 bits per heavy atom. The molecule has 20 heavy (non-hydrogen) atoms. The normalized spacial score (nSPS) is 16.8. The van der Waals surface area contributed by atoms with Crippen molar-refractivity contribution in [2.45, 2.75) is 39.7 Å². The fourth-order valence-electron chi connectivity index (χ4n) is 2.92. The monoisotopic (exact) mass is 287 g/mol. The van der Waals surface area contributed by atoms with Gasteiger partial charge in [-0.2, -0.15) is 5.10 Å². The van der Waals surface area contributed by atoms with Gasteiger partial charge in [0, 0.05) is 22.7 Å². The zero-order valence-corrected chi connectivity index (χ0v) is 13.0. The average Bonchev–Trinajstić information content (AvgIpc) is 2.67. The van der Waals surface area contributed by atoms with E-state index in [1.54, 1.807) is 0 Å². The van der Waals surface area contributed by atoms with Crippen LogP contribution in [-0.2, 0) is 5.54 Å². The molecule has 1 aliphatic rings. The van der Waals surface area contributed by atoms with Gasteiger partial charge in [0.25, 0.3) is 0 Å². The standard InChI is InChI=1S/C16H18ClN3/c1-10-9-16(3,4)20-15(18-10)14(11(2)19-20)12-5-7-13(17)8-6-12/h5-8H,9H2,1-4H3. The molecule has 104 valence electrons. The highest BCUT2D eigenvalue weighted by atomic mass is 35.5. The molecule has 1 aliphatic heterocycles. The van der Waals surface area contributed by atoms with Gasteiger partial charge >= 0.3 is 0 Å². The number of hydrogen-bond donors (Lipinski definition) is 0. The van der Waals surface area contributed by atoms with Gasteiger partial charge < -0.3 is 0 Å². The van der Waals surface area contributed by atoms with E-state index in [2.05, 4.69) is 25.5 Å². The lowest BCUT2D eigenvalue weighted by Crippen LogP contribution is -2.32. The zero-order valence-electron chi connectivity index (χ0n) is 12.2. The molecular weight excluding hydrogens is 270 g/mol. The van der Waals surface area contributed by atoms with Crippen molar-refractivity contribution < 1.29 is 0 Å². The molecule has 0 amide bonds. The molecule has 0 fully saturated rings. The van der Waals surface area contributed by atoms with E-state index < -0.39 is 0 Å². The smallest absolute Gasteiger partial charge is 0.159 e. The molecule has 1 aromatic carbocycles. The van der Waals surface area contributed by atoms with Crippen LogP contribution in [-0.4, -0.2) is 15.5 Å². The maximum Gasteiger partial charge on any atom is 0.159 e. The van der Waals surface area contributed by atoms with E-state index in [0.29, 0.717) is 0 Å². The molecule has 3 nitrogen and oxygen atoms in total. The summed E-state index contributed by atoms with van der Waals surface area (Å²) in [5.74, 6) is 0.957. The Morgan fingerprint density at radius 2 is 1.80 bits per heavy atom. The van der Waals surface area contributed by atoms with E-state index in [4.69, 9.17) is 21.7 Å². The van der Waals surface area contributed by atoms with Crippen LogP contribution in [0.3, 0.4) is 0 Å². The van der Waals surface area contributed by atoms with E-state index in [1.165, 1.54) is 0 Å². The third kappa shape index (κ3) is 2.06. The average molecular weight is 288 g/mol. The number of aromatic nitrogens is 2. The van der Waals surface area contributed by atoms with Crippen molar-refractivity contribution in [2.75, 3.05) is 0 Å². The van der Waals surface area contributed by atoms with E-state index in [-0.39, 0.29) is 5.54 Å². The molecule has 0 bridgehead atoms. The predicted molar refractivity (Wildman–Crippen MR) is 84.1 cm³/mol. The number of aliphatic imine (C=N–C) groups is 1. The molecule has 0 saturated heterocycles. The summed E-state index contributed by atoms with van der Waals surface area (Å²) < 4.78 is 2.05. The summed E-state index contributed by atoms with van der Waals surface area (Å²) in [5.41, 5.74) is 4.35. The first-order chi connectivity index (χ1) is 9.38. The van der Waals surface area contributed by atoms with Crippen LogP contribution in [0.2, 0.25) is 5.02 Å². The molecule has 0 radical (unpaired) electrons. The molecule has 0 N–H and O–H groups in total. The topological polar surface area (TPSA) is 30.2 Å². The van der Waals surface area contributed by atoms with E-state index in [9.17, 15) is 0 Å². The Hall–Kier alpha value is -1.61. The Balaban J connectivity index is 2.24. The molecule has 0 atom stereocenters. The summed E-state index contributed by atoms with van der Waals surface area (Å²) in [6.07, 6.45) is 0.932. The lowest BCUT2D eigenvalue weighted by molar-refractivity contribution is 0.327. The molecular formula is C16H18ClN3. The molecule has 0 spiro atoms. The van der Waals surface area contributed by atoms with Crippen LogP contribution in [0.5, 0.6) is 0 Å². The maximum absolute atomic E-state index is 5.98. The van der Waals surface area contributed by atoms with Gasteiger partial charge in [0.15, 0.2) is 5.82 Å². The van der Waals surface area contributed by atoms with Crippen molar-refractivity contribution in [3.05, 3.63) is 35.0 Å². The largest absolute Gasteiger partial charge is 0.241 e. The minimum Gasteiger partial charge on any atom is -0.241 e. The van der Waals surface area contributed by atoms with E-state index in [0.717, 1.165) is 39.8 Å². The Kier molecular flexibility index (Phi) is 2.98. The van der Waals surface area contributed by atoms with Crippen molar-refractivity contribution in [3.8, 4) is 11.1 Å². The minimum atomic E-state index is -0.0311. The first-order valence-corrected chi connectivity index (χ1v) is 7.16. The molecule has 2 heterocycles. The van der Waals surface area contributed by atoms with Crippen LogP contribution in [0.1, 0.15) is 32.9 Å². The minimum absolute atomic E-state index is 0.0311. The summed E-state index contributed by atoms with van der Waals surface area (Å²) in [6, 6.07) is 7.87. The molecule has 0 unspecified atom stereocenters. The van der Waals surface area contributed by atoms with Crippen LogP contribution in [0.15, 0.2) is 29.3 Å². The number of benzene rings is 1. The van der Waals surface area contributed by atoms with Gasteiger partial charge in [-0.05, 0) is 45.4 Å². The van der Waals surface area contributed by atoms with Crippen LogP contribution in [0, 0.1) is 6.92 Å². The highest BCUT2D eigenvalue weighted by Crippen LogP contribution is 2.40. The number of aryl methyl sites for hydroxylation is 1. The van der Waals surface area contributed by atoms with Gasteiger partial charge in [-0.3, -0.25) is 0 Å². The van der Waals surface area contributed by atoms with Gasteiger partial charge in [0.05, 0.1) is 11.2 Å². The van der Waals surface area contributed by atoms with Crippen molar-refractivity contribution >= 4 is 23.1 Å². The first kappa shape index (κ1) is 13.4. The molecule has 3 rings (SSSR count). The van der Waals surface area contributed by atoms with Gasteiger partial charge in [-0.25, -0.2) is 9.67 Å². The highest BCUT2D eigenvalue weighted by molar-refractivity contribution is 6.30. The quantitative estimate of drug-likeness (QED) is 0.745. The van der Waals surface area contributed by atoms with Crippen LogP contribution < -0.4 is 0 Å². The van der Waals surface area contributed by atoms with E-state index in [1.807, 2.05) is 31.2 Å². The predicted octanol–water partition coefficient (Wildman–Crippen LogP) is 4.74. The zero-order chi connectivity index (χ0) is 14.5. The molecule has 0 saturated carbocycles. The van der Waals surface area contributed by atoms with Crippen molar-refractivity contribution in [1.82, 2.24) is 9.78 Å².